The molecule has 0 bridgehead atoms. The summed E-state index contributed by atoms with van der Waals surface area (Å²) in [5.41, 5.74) is 1.95. The maximum absolute atomic E-state index is 13.5. The van der Waals surface area contributed by atoms with Crippen LogP contribution in [0, 0.1) is 13.8 Å². The highest BCUT2D eigenvalue weighted by atomic mass is 35.5. The van der Waals surface area contributed by atoms with Crippen molar-refractivity contribution in [2.24, 2.45) is 0 Å². The van der Waals surface area contributed by atoms with Gasteiger partial charge in [0, 0.05) is 11.1 Å². The fourth-order valence-corrected chi connectivity index (χ4v) is 4.87. The fraction of sp³-hybridized carbons (Fsp3) is 0.240. The van der Waals surface area contributed by atoms with Crippen LogP contribution in [0.5, 0.6) is 11.5 Å². The van der Waals surface area contributed by atoms with Crippen molar-refractivity contribution in [3.8, 4) is 11.5 Å². The van der Waals surface area contributed by atoms with Gasteiger partial charge in [-0.3, -0.25) is 9.10 Å². The Balaban J connectivity index is 1.74. The molecule has 9 heteroatoms. The molecule has 1 amide bonds. The van der Waals surface area contributed by atoms with Gasteiger partial charge >= 0.3 is 0 Å². The molecule has 180 valence electrons. The van der Waals surface area contributed by atoms with Crippen molar-refractivity contribution < 1.29 is 22.7 Å². The van der Waals surface area contributed by atoms with E-state index in [-0.39, 0.29) is 18.0 Å². The predicted octanol–water partition coefficient (Wildman–Crippen LogP) is 4.36. The number of rotatable bonds is 10. The van der Waals surface area contributed by atoms with E-state index < -0.39 is 22.5 Å². The quantitative estimate of drug-likeness (QED) is 0.416. The van der Waals surface area contributed by atoms with E-state index in [1.165, 1.54) is 12.1 Å². The molecule has 0 fully saturated rings. The molecule has 3 aromatic rings. The first-order chi connectivity index (χ1) is 16.2. The second kappa shape index (κ2) is 11.3. The summed E-state index contributed by atoms with van der Waals surface area (Å²) in [6, 6.07) is 18.5. The number of sulfonamides is 1. The Morgan fingerprint density at radius 1 is 1.00 bits per heavy atom. The van der Waals surface area contributed by atoms with E-state index in [9.17, 15) is 13.2 Å². The lowest BCUT2D eigenvalue weighted by Crippen LogP contribution is -2.42. The number of aryl methyl sites for hydroxylation is 2. The number of methoxy groups -OCH3 is 1. The molecule has 3 rings (SSSR count). The summed E-state index contributed by atoms with van der Waals surface area (Å²) in [5.74, 6) is 0.798. The molecule has 0 aromatic heterocycles. The van der Waals surface area contributed by atoms with Gasteiger partial charge in [0.2, 0.25) is 5.91 Å². The first-order valence-electron chi connectivity index (χ1n) is 10.6. The van der Waals surface area contributed by atoms with Crippen LogP contribution in [0.1, 0.15) is 11.1 Å². The molecule has 0 aliphatic rings. The SMILES string of the molecule is COc1cccc(OCCNC(=O)CN(c2cc(Cl)ccc2C)S(=O)(=O)c2ccc(C)cc2)c1. The number of carbonyl (C=O) groups excluding carboxylic acids is 1. The van der Waals surface area contributed by atoms with Gasteiger partial charge < -0.3 is 14.8 Å². The number of amides is 1. The van der Waals surface area contributed by atoms with Crippen LogP contribution in [0.3, 0.4) is 0 Å². The van der Waals surface area contributed by atoms with Gasteiger partial charge in [-0.15, -0.1) is 0 Å². The molecule has 0 radical (unpaired) electrons. The minimum absolute atomic E-state index is 0.0895. The zero-order chi connectivity index (χ0) is 24.7. The van der Waals surface area contributed by atoms with Gasteiger partial charge in [0.1, 0.15) is 24.7 Å². The average molecular weight is 503 g/mol. The topological polar surface area (TPSA) is 84.9 Å². The molecular formula is C25H27ClN2O5S. The number of halogens is 1. The van der Waals surface area contributed by atoms with Gasteiger partial charge in [-0.25, -0.2) is 8.42 Å². The first kappa shape index (κ1) is 25.4. The Bertz CT molecular complexity index is 1250. The van der Waals surface area contributed by atoms with E-state index in [0.29, 0.717) is 27.8 Å². The summed E-state index contributed by atoms with van der Waals surface area (Å²) >= 11 is 6.15. The van der Waals surface area contributed by atoms with E-state index in [2.05, 4.69) is 5.32 Å². The van der Waals surface area contributed by atoms with Crippen LogP contribution < -0.4 is 19.1 Å². The largest absolute Gasteiger partial charge is 0.497 e. The molecule has 3 aromatic carbocycles. The van der Waals surface area contributed by atoms with Crippen LogP contribution in [-0.4, -0.2) is 41.1 Å². The van der Waals surface area contributed by atoms with Crippen molar-refractivity contribution in [3.05, 3.63) is 82.9 Å². The zero-order valence-corrected chi connectivity index (χ0v) is 20.8. The Labute approximate surface area is 205 Å². The molecule has 0 saturated heterocycles. The number of nitrogens with one attached hydrogen (secondary N) is 1. The molecular weight excluding hydrogens is 476 g/mol. The van der Waals surface area contributed by atoms with E-state index in [1.54, 1.807) is 68.6 Å². The van der Waals surface area contributed by atoms with Crippen LogP contribution >= 0.6 is 11.6 Å². The summed E-state index contributed by atoms with van der Waals surface area (Å²) < 4.78 is 38.8. The maximum Gasteiger partial charge on any atom is 0.264 e. The normalized spacial score (nSPS) is 11.1. The van der Waals surface area contributed by atoms with Crippen LogP contribution in [-0.2, 0) is 14.8 Å². The van der Waals surface area contributed by atoms with Crippen molar-refractivity contribution >= 4 is 33.2 Å². The van der Waals surface area contributed by atoms with Gasteiger partial charge in [-0.1, -0.05) is 41.4 Å². The third-order valence-electron chi connectivity index (χ3n) is 5.07. The molecule has 0 unspecified atom stereocenters. The van der Waals surface area contributed by atoms with E-state index in [0.717, 1.165) is 9.87 Å². The van der Waals surface area contributed by atoms with Gasteiger partial charge in [0.05, 0.1) is 24.2 Å². The third-order valence-corrected chi connectivity index (χ3v) is 7.08. The van der Waals surface area contributed by atoms with Crippen molar-refractivity contribution in [3.63, 3.8) is 0 Å². The van der Waals surface area contributed by atoms with Crippen LogP contribution in [0.25, 0.3) is 0 Å². The van der Waals surface area contributed by atoms with E-state index in [4.69, 9.17) is 21.1 Å². The number of benzene rings is 3. The molecule has 1 N–H and O–H groups in total. The Morgan fingerprint density at radius 3 is 2.41 bits per heavy atom. The van der Waals surface area contributed by atoms with Gasteiger partial charge in [0.15, 0.2) is 0 Å². The summed E-state index contributed by atoms with van der Waals surface area (Å²) in [6.45, 7) is 3.64. The molecule has 34 heavy (non-hydrogen) atoms. The highest BCUT2D eigenvalue weighted by Crippen LogP contribution is 2.29. The number of carbonyl (C=O) groups is 1. The fourth-order valence-electron chi connectivity index (χ4n) is 3.22. The van der Waals surface area contributed by atoms with Crippen LogP contribution in [0.15, 0.2) is 71.6 Å². The van der Waals surface area contributed by atoms with Gasteiger partial charge in [-0.05, 0) is 55.8 Å². The van der Waals surface area contributed by atoms with Crippen LogP contribution in [0.2, 0.25) is 5.02 Å². The first-order valence-corrected chi connectivity index (χ1v) is 12.4. The van der Waals surface area contributed by atoms with Crippen molar-refractivity contribution in [1.82, 2.24) is 5.32 Å². The van der Waals surface area contributed by atoms with E-state index >= 15 is 0 Å². The van der Waals surface area contributed by atoms with Gasteiger partial charge in [-0.2, -0.15) is 0 Å². The number of ether oxygens (including phenoxy) is 2. The highest BCUT2D eigenvalue weighted by Gasteiger charge is 2.28. The maximum atomic E-state index is 13.5. The van der Waals surface area contributed by atoms with Crippen molar-refractivity contribution in [1.29, 1.82) is 0 Å². The Kier molecular flexibility index (Phi) is 8.41. The average Bonchev–Trinajstić information content (AvgIpc) is 2.82. The summed E-state index contributed by atoms with van der Waals surface area (Å²) in [4.78, 5) is 12.8. The van der Waals surface area contributed by atoms with Crippen molar-refractivity contribution in [2.45, 2.75) is 18.7 Å². The molecule has 0 heterocycles. The highest BCUT2D eigenvalue weighted by molar-refractivity contribution is 7.92. The number of nitrogens with zero attached hydrogens (tertiary/aromatic N) is 1. The third kappa shape index (κ3) is 6.42. The molecule has 0 aliphatic heterocycles. The summed E-state index contributed by atoms with van der Waals surface area (Å²) in [7, 11) is -2.45. The minimum Gasteiger partial charge on any atom is -0.497 e. The molecule has 0 atom stereocenters. The standard InChI is InChI=1S/C25H27ClN2O5S/c1-18-7-11-23(12-8-18)34(30,31)28(24-15-20(26)10-9-19(24)2)17-25(29)27-13-14-33-22-6-4-5-21(16-22)32-3/h4-12,15-16H,13-14,17H2,1-3H3,(H,27,29). The lowest BCUT2D eigenvalue weighted by atomic mass is 10.2. The summed E-state index contributed by atoms with van der Waals surface area (Å²) in [5, 5.41) is 3.09. The zero-order valence-electron chi connectivity index (χ0n) is 19.2. The number of hydrogen-bond donors (Lipinski definition) is 1. The number of anilines is 1. The Hall–Kier alpha value is -3.23. The monoisotopic (exact) mass is 502 g/mol. The van der Waals surface area contributed by atoms with Crippen molar-refractivity contribution in [2.75, 3.05) is 31.1 Å². The van der Waals surface area contributed by atoms with Crippen LogP contribution in [0.4, 0.5) is 5.69 Å². The number of hydrogen-bond acceptors (Lipinski definition) is 5. The molecule has 0 saturated carbocycles. The molecule has 0 spiro atoms. The Morgan fingerprint density at radius 2 is 1.71 bits per heavy atom. The minimum atomic E-state index is -4.02. The lowest BCUT2D eigenvalue weighted by molar-refractivity contribution is -0.119. The smallest absolute Gasteiger partial charge is 0.264 e. The molecule has 0 aliphatic carbocycles. The van der Waals surface area contributed by atoms with Gasteiger partial charge in [0.25, 0.3) is 10.0 Å². The predicted molar refractivity (Wildman–Crippen MR) is 133 cm³/mol. The lowest BCUT2D eigenvalue weighted by Gasteiger charge is -2.26. The second-order valence-electron chi connectivity index (χ2n) is 7.63. The van der Waals surface area contributed by atoms with E-state index in [1.807, 2.05) is 6.92 Å². The molecule has 7 nitrogen and oxygen atoms in total. The second-order valence-corrected chi connectivity index (χ2v) is 9.93. The summed E-state index contributed by atoms with van der Waals surface area (Å²) in [6.07, 6.45) is 0.